The first-order valence-electron chi connectivity index (χ1n) is 9.10. The lowest BCUT2D eigenvalue weighted by Crippen LogP contribution is -2.57. The maximum atomic E-state index is 12.3. The summed E-state index contributed by atoms with van der Waals surface area (Å²) in [6.07, 6.45) is -0.546. The Labute approximate surface area is 167 Å². The van der Waals surface area contributed by atoms with E-state index in [1.807, 2.05) is 30.3 Å². The summed E-state index contributed by atoms with van der Waals surface area (Å²) in [5, 5.41) is 20.4. The third-order valence-corrected chi connectivity index (χ3v) is 4.77. The van der Waals surface area contributed by atoms with E-state index in [-0.39, 0.29) is 18.8 Å². The van der Waals surface area contributed by atoms with Crippen LogP contribution in [0.4, 0.5) is 10.5 Å². The van der Waals surface area contributed by atoms with Crippen LogP contribution in [-0.4, -0.2) is 57.6 Å². The molecule has 29 heavy (non-hydrogen) atoms. The first-order chi connectivity index (χ1) is 13.9. The summed E-state index contributed by atoms with van der Waals surface area (Å²) in [4.78, 5) is 37.5. The molecular formula is C20H21N3O6. The molecule has 1 amide bonds. The SMILES string of the molecule is O=C(O)[C@@H]1CN(C(=O)OCc2ccccc2)CCN1Cc1ccc([N+](=O)[O-])cc1. The van der Waals surface area contributed by atoms with Gasteiger partial charge in [-0.3, -0.25) is 19.8 Å². The molecule has 0 aliphatic carbocycles. The molecule has 0 spiro atoms. The molecule has 0 bridgehead atoms. The summed E-state index contributed by atoms with van der Waals surface area (Å²) in [5.74, 6) is -1.03. The van der Waals surface area contributed by atoms with Gasteiger partial charge >= 0.3 is 12.1 Å². The molecule has 1 saturated heterocycles. The number of carbonyl (C=O) groups is 2. The van der Waals surface area contributed by atoms with Crippen molar-refractivity contribution in [3.63, 3.8) is 0 Å². The van der Waals surface area contributed by atoms with Crippen LogP contribution in [0.5, 0.6) is 0 Å². The molecule has 0 radical (unpaired) electrons. The van der Waals surface area contributed by atoms with Gasteiger partial charge in [-0.15, -0.1) is 0 Å². The number of hydrogen-bond donors (Lipinski definition) is 1. The van der Waals surface area contributed by atoms with E-state index in [1.54, 1.807) is 17.0 Å². The molecule has 152 valence electrons. The van der Waals surface area contributed by atoms with Crippen molar-refractivity contribution in [2.45, 2.75) is 19.2 Å². The van der Waals surface area contributed by atoms with Crippen molar-refractivity contribution < 1.29 is 24.4 Å². The maximum Gasteiger partial charge on any atom is 0.410 e. The molecule has 9 heteroatoms. The number of nitrogens with zero attached hydrogens (tertiary/aromatic N) is 3. The predicted molar refractivity (Wildman–Crippen MR) is 103 cm³/mol. The minimum Gasteiger partial charge on any atom is -0.480 e. The Hall–Kier alpha value is -3.46. The highest BCUT2D eigenvalue weighted by molar-refractivity contribution is 5.76. The molecule has 1 N–H and O–H groups in total. The fourth-order valence-corrected chi connectivity index (χ4v) is 3.18. The number of amides is 1. The van der Waals surface area contributed by atoms with Crippen molar-refractivity contribution in [1.82, 2.24) is 9.80 Å². The molecule has 2 aromatic carbocycles. The first-order valence-corrected chi connectivity index (χ1v) is 9.10. The van der Waals surface area contributed by atoms with Crippen LogP contribution in [0, 0.1) is 10.1 Å². The van der Waals surface area contributed by atoms with Gasteiger partial charge in [0.2, 0.25) is 0 Å². The van der Waals surface area contributed by atoms with Crippen LogP contribution in [0.1, 0.15) is 11.1 Å². The van der Waals surface area contributed by atoms with Crippen LogP contribution < -0.4 is 0 Å². The van der Waals surface area contributed by atoms with Crippen LogP contribution in [0.15, 0.2) is 54.6 Å². The minimum atomic E-state index is -1.03. The van der Waals surface area contributed by atoms with Crippen LogP contribution in [-0.2, 0) is 22.7 Å². The van der Waals surface area contributed by atoms with E-state index in [0.29, 0.717) is 19.6 Å². The molecule has 1 aliphatic heterocycles. The van der Waals surface area contributed by atoms with Gasteiger partial charge in [0.05, 0.1) is 11.5 Å². The summed E-state index contributed by atoms with van der Waals surface area (Å²) in [7, 11) is 0. The number of hydrogen-bond acceptors (Lipinski definition) is 6. The van der Waals surface area contributed by atoms with Gasteiger partial charge in [-0.2, -0.15) is 0 Å². The highest BCUT2D eigenvalue weighted by atomic mass is 16.6. The predicted octanol–water partition coefficient (Wildman–Crippen LogP) is 2.50. The lowest BCUT2D eigenvalue weighted by atomic mass is 10.1. The second kappa shape index (κ2) is 9.16. The molecule has 0 unspecified atom stereocenters. The second-order valence-electron chi connectivity index (χ2n) is 6.73. The van der Waals surface area contributed by atoms with Gasteiger partial charge in [-0.25, -0.2) is 4.79 Å². The zero-order valence-corrected chi connectivity index (χ0v) is 15.6. The number of piperazine rings is 1. The number of rotatable bonds is 6. The van der Waals surface area contributed by atoms with E-state index in [1.165, 1.54) is 17.0 Å². The lowest BCUT2D eigenvalue weighted by molar-refractivity contribution is -0.384. The third kappa shape index (κ3) is 5.29. The average Bonchev–Trinajstić information content (AvgIpc) is 2.73. The lowest BCUT2D eigenvalue weighted by Gasteiger charge is -2.38. The Bertz CT molecular complexity index is 872. The molecule has 1 aliphatic rings. The van der Waals surface area contributed by atoms with Crippen molar-refractivity contribution in [3.8, 4) is 0 Å². The molecule has 0 aromatic heterocycles. The Morgan fingerprint density at radius 1 is 1.07 bits per heavy atom. The van der Waals surface area contributed by atoms with Crippen molar-refractivity contribution in [1.29, 1.82) is 0 Å². The fraction of sp³-hybridized carbons (Fsp3) is 0.300. The molecule has 3 rings (SSSR count). The van der Waals surface area contributed by atoms with E-state index in [2.05, 4.69) is 0 Å². The van der Waals surface area contributed by atoms with Gasteiger partial charge in [0.15, 0.2) is 0 Å². The highest BCUT2D eigenvalue weighted by Gasteiger charge is 2.34. The summed E-state index contributed by atoms with van der Waals surface area (Å²) < 4.78 is 5.30. The summed E-state index contributed by atoms with van der Waals surface area (Å²) >= 11 is 0. The quantitative estimate of drug-likeness (QED) is 0.586. The van der Waals surface area contributed by atoms with Gasteiger partial charge < -0.3 is 14.7 Å². The van der Waals surface area contributed by atoms with Crippen molar-refractivity contribution in [2.24, 2.45) is 0 Å². The van der Waals surface area contributed by atoms with Crippen molar-refractivity contribution in [2.75, 3.05) is 19.6 Å². The number of aliphatic carboxylic acids is 1. The molecular weight excluding hydrogens is 378 g/mol. The Morgan fingerprint density at radius 3 is 2.38 bits per heavy atom. The van der Waals surface area contributed by atoms with E-state index in [9.17, 15) is 24.8 Å². The van der Waals surface area contributed by atoms with Gasteiger partial charge in [0.25, 0.3) is 5.69 Å². The number of non-ortho nitro benzene ring substituents is 1. The van der Waals surface area contributed by atoms with Gasteiger partial charge in [0.1, 0.15) is 12.6 Å². The molecule has 2 aromatic rings. The van der Waals surface area contributed by atoms with E-state index >= 15 is 0 Å². The zero-order chi connectivity index (χ0) is 20.8. The normalized spacial score (nSPS) is 17.0. The van der Waals surface area contributed by atoms with Crippen LogP contribution in [0.25, 0.3) is 0 Å². The maximum absolute atomic E-state index is 12.3. The Kier molecular flexibility index (Phi) is 6.40. The average molecular weight is 399 g/mol. The van der Waals surface area contributed by atoms with Crippen LogP contribution in [0.3, 0.4) is 0 Å². The fourth-order valence-electron chi connectivity index (χ4n) is 3.18. The number of carbonyl (C=O) groups excluding carboxylic acids is 1. The van der Waals surface area contributed by atoms with Crippen LogP contribution >= 0.6 is 0 Å². The van der Waals surface area contributed by atoms with E-state index < -0.39 is 23.0 Å². The van der Waals surface area contributed by atoms with Crippen molar-refractivity contribution >= 4 is 17.7 Å². The summed E-state index contributed by atoms with van der Waals surface area (Å²) in [5.41, 5.74) is 1.60. The Balaban J connectivity index is 1.59. The van der Waals surface area contributed by atoms with Gasteiger partial charge in [-0.1, -0.05) is 42.5 Å². The molecule has 1 fully saturated rings. The number of carboxylic acids is 1. The minimum absolute atomic E-state index is 0.00986. The standard InChI is InChI=1S/C20H21N3O6/c24-19(25)18-13-22(20(26)29-14-16-4-2-1-3-5-16)11-10-21(18)12-15-6-8-17(9-7-15)23(27)28/h1-9,18H,10-14H2,(H,24,25)/t18-/m0/s1. The molecule has 1 heterocycles. The number of ether oxygens (including phenoxy) is 1. The number of nitro groups is 1. The van der Waals surface area contributed by atoms with E-state index in [4.69, 9.17) is 4.74 Å². The smallest absolute Gasteiger partial charge is 0.410 e. The number of benzene rings is 2. The molecule has 9 nitrogen and oxygen atoms in total. The largest absolute Gasteiger partial charge is 0.480 e. The zero-order valence-electron chi connectivity index (χ0n) is 15.6. The summed E-state index contributed by atoms with van der Waals surface area (Å²) in [6, 6.07) is 14.4. The number of nitro benzene ring substituents is 1. The second-order valence-corrected chi connectivity index (χ2v) is 6.73. The summed E-state index contributed by atoms with van der Waals surface area (Å²) in [6.45, 7) is 1.15. The van der Waals surface area contributed by atoms with Crippen LogP contribution in [0.2, 0.25) is 0 Å². The topological polar surface area (TPSA) is 113 Å². The monoisotopic (exact) mass is 399 g/mol. The molecule has 1 atom stereocenters. The van der Waals surface area contributed by atoms with Gasteiger partial charge in [-0.05, 0) is 11.1 Å². The highest BCUT2D eigenvalue weighted by Crippen LogP contribution is 2.18. The number of carboxylic acid groups (broad SMARTS) is 1. The van der Waals surface area contributed by atoms with E-state index in [0.717, 1.165) is 11.1 Å². The van der Waals surface area contributed by atoms with Gasteiger partial charge in [0, 0.05) is 31.8 Å². The first kappa shape index (κ1) is 20.3. The molecule has 0 saturated carbocycles. The van der Waals surface area contributed by atoms with Crippen molar-refractivity contribution in [3.05, 3.63) is 75.8 Å². The third-order valence-electron chi connectivity index (χ3n) is 4.77. The Morgan fingerprint density at radius 2 is 1.76 bits per heavy atom.